The van der Waals surface area contributed by atoms with Gasteiger partial charge in [0, 0.05) is 49.5 Å². The summed E-state index contributed by atoms with van der Waals surface area (Å²) in [6.07, 6.45) is 0. The molecule has 7 nitrogen and oxygen atoms in total. The average molecular weight is 390 g/mol. The zero-order chi connectivity index (χ0) is 19.4. The SMILES string of the molecule is CCNc1nc(C)cc(N2CCN(C(=O)c3cc(Cl)ccc3OC)CC2)n1. The molecular weight excluding hydrogens is 366 g/mol. The number of halogens is 1. The number of aryl methyl sites for hydroxylation is 1. The second-order valence-corrected chi connectivity index (χ2v) is 6.78. The normalized spacial score (nSPS) is 14.2. The van der Waals surface area contributed by atoms with Gasteiger partial charge in [-0.15, -0.1) is 0 Å². The first kappa shape index (κ1) is 19.2. The molecule has 27 heavy (non-hydrogen) atoms. The molecule has 0 saturated carbocycles. The minimum atomic E-state index is -0.0683. The number of hydrogen-bond donors (Lipinski definition) is 1. The number of carbonyl (C=O) groups is 1. The van der Waals surface area contributed by atoms with Crippen LogP contribution in [-0.4, -0.2) is 60.6 Å². The van der Waals surface area contributed by atoms with Gasteiger partial charge in [-0.05, 0) is 32.0 Å². The van der Waals surface area contributed by atoms with Crippen molar-refractivity contribution in [1.82, 2.24) is 14.9 Å². The number of amides is 1. The van der Waals surface area contributed by atoms with Gasteiger partial charge in [0.1, 0.15) is 11.6 Å². The Labute approximate surface area is 164 Å². The number of nitrogens with zero attached hydrogens (tertiary/aromatic N) is 4. The summed E-state index contributed by atoms with van der Waals surface area (Å²) < 4.78 is 5.31. The molecule has 0 spiro atoms. The van der Waals surface area contributed by atoms with Gasteiger partial charge >= 0.3 is 0 Å². The van der Waals surface area contributed by atoms with Gasteiger partial charge in [0.25, 0.3) is 5.91 Å². The Morgan fingerprint density at radius 3 is 2.63 bits per heavy atom. The Morgan fingerprint density at radius 1 is 1.22 bits per heavy atom. The molecule has 3 rings (SSSR count). The quantitative estimate of drug-likeness (QED) is 0.847. The summed E-state index contributed by atoms with van der Waals surface area (Å²) in [7, 11) is 1.55. The molecule has 1 aromatic heterocycles. The van der Waals surface area contributed by atoms with E-state index in [1.54, 1.807) is 25.3 Å². The number of anilines is 2. The van der Waals surface area contributed by atoms with E-state index in [1.807, 2.05) is 24.8 Å². The first-order valence-electron chi connectivity index (χ1n) is 8.99. The molecule has 1 fully saturated rings. The highest BCUT2D eigenvalue weighted by Gasteiger charge is 2.25. The minimum Gasteiger partial charge on any atom is -0.496 e. The Balaban J connectivity index is 1.70. The summed E-state index contributed by atoms with van der Waals surface area (Å²) in [5, 5.41) is 3.67. The maximum absolute atomic E-state index is 12.9. The van der Waals surface area contributed by atoms with E-state index in [1.165, 1.54) is 0 Å². The molecule has 0 unspecified atom stereocenters. The number of benzene rings is 1. The molecule has 1 aliphatic heterocycles. The van der Waals surface area contributed by atoms with Gasteiger partial charge in [0.05, 0.1) is 12.7 Å². The predicted octanol–water partition coefficient (Wildman–Crippen LogP) is 2.84. The van der Waals surface area contributed by atoms with E-state index in [0.717, 1.165) is 18.1 Å². The van der Waals surface area contributed by atoms with Crippen LogP contribution in [0.5, 0.6) is 5.75 Å². The van der Waals surface area contributed by atoms with Crippen LogP contribution in [0, 0.1) is 6.92 Å². The third-order valence-electron chi connectivity index (χ3n) is 4.46. The first-order valence-corrected chi connectivity index (χ1v) is 9.37. The molecule has 0 radical (unpaired) electrons. The van der Waals surface area contributed by atoms with E-state index in [9.17, 15) is 4.79 Å². The van der Waals surface area contributed by atoms with E-state index in [2.05, 4.69) is 20.2 Å². The molecule has 2 aromatic rings. The fraction of sp³-hybridized carbons (Fsp3) is 0.421. The lowest BCUT2D eigenvalue weighted by molar-refractivity contribution is 0.0743. The Morgan fingerprint density at radius 2 is 1.96 bits per heavy atom. The maximum Gasteiger partial charge on any atom is 0.257 e. The van der Waals surface area contributed by atoms with E-state index in [-0.39, 0.29) is 5.91 Å². The van der Waals surface area contributed by atoms with Crippen molar-refractivity contribution < 1.29 is 9.53 Å². The van der Waals surface area contributed by atoms with E-state index in [0.29, 0.717) is 48.5 Å². The van der Waals surface area contributed by atoms with Gasteiger partial charge in [-0.3, -0.25) is 4.79 Å². The van der Waals surface area contributed by atoms with Crippen LogP contribution >= 0.6 is 11.6 Å². The number of carbonyl (C=O) groups excluding carboxylic acids is 1. The van der Waals surface area contributed by atoms with Crippen LogP contribution in [0.4, 0.5) is 11.8 Å². The molecule has 0 aliphatic carbocycles. The average Bonchev–Trinajstić information content (AvgIpc) is 2.67. The molecule has 1 aromatic carbocycles. The smallest absolute Gasteiger partial charge is 0.257 e. The molecule has 8 heteroatoms. The lowest BCUT2D eigenvalue weighted by Gasteiger charge is -2.35. The van der Waals surface area contributed by atoms with Crippen molar-refractivity contribution in [3.63, 3.8) is 0 Å². The second-order valence-electron chi connectivity index (χ2n) is 6.35. The maximum atomic E-state index is 12.9. The van der Waals surface area contributed by atoms with Gasteiger partial charge in [-0.2, -0.15) is 4.98 Å². The zero-order valence-electron chi connectivity index (χ0n) is 15.8. The monoisotopic (exact) mass is 389 g/mol. The van der Waals surface area contributed by atoms with Crippen molar-refractivity contribution in [2.45, 2.75) is 13.8 Å². The van der Waals surface area contributed by atoms with Crippen molar-refractivity contribution in [2.75, 3.05) is 50.1 Å². The second kappa shape index (κ2) is 8.43. The number of rotatable bonds is 5. The van der Waals surface area contributed by atoms with Crippen LogP contribution in [0.25, 0.3) is 0 Å². The van der Waals surface area contributed by atoms with Crippen molar-refractivity contribution in [3.8, 4) is 5.75 Å². The summed E-state index contributed by atoms with van der Waals surface area (Å²) in [6.45, 7) is 7.36. The molecule has 1 N–H and O–H groups in total. The van der Waals surface area contributed by atoms with Crippen LogP contribution in [0.3, 0.4) is 0 Å². The molecular formula is C19H24ClN5O2. The van der Waals surface area contributed by atoms with Crippen LogP contribution in [0.15, 0.2) is 24.3 Å². The van der Waals surface area contributed by atoms with Crippen LogP contribution in [0.2, 0.25) is 5.02 Å². The van der Waals surface area contributed by atoms with Gasteiger partial charge in [0.2, 0.25) is 5.95 Å². The lowest BCUT2D eigenvalue weighted by atomic mass is 10.1. The highest BCUT2D eigenvalue weighted by molar-refractivity contribution is 6.31. The number of aromatic nitrogens is 2. The molecule has 0 atom stereocenters. The summed E-state index contributed by atoms with van der Waals surface area (Å²) >= 11 is 6.06. The molecule has 0 bridgehead atoms. The van der Waals surface area contributed by atoms with Crippen LogP contribution in [-0.2, 0) is 0 Å². The third-order valence-corrected chi connectivity index (χ3v) is 4.69. The fourth-order valence-electron chi connectivity index (χ4n) is 3.11. The Hall–Kier alpha value is -2.54. The molecule has 1 saturated heterocycles. The number of hydrogen-bond acceptors (Lipinski definition) is 6. The highest BCUT2D eigenvalue weighted by atomic mass is 35.5. The van der Waals surface area contributed by atoms with Crippen molar-refractivity contribution in [2.24, 2.45) is 0 Å². The van der Waals surface area contributed by atoms with Crippen molar-refractivity contribution in [3.05, 3.63) is 40.5 Å². The first-order chi connectivity index (χ1) is 13.0. The van der Waals surface area contributed by atoms with Crippen LogP contribution < -0.4 is 15.0 Å². The van der Waals surface area contributed by atoms with Crippen LogP contribution in [0.1, 0.15) is 23.0 Å². The summed E-state index contributed by atoms with van der Waals surface area (Å²) in [5.41, 5.74) is 1.41. The van der Waals surface area contributed by atoms with Gasteiger partial charge in [0.15, 0.2) is 0 Å². The number of methoxy groups -OCH3 is 1. The van der Waals surface area contributed by atoms with Crippen molar-refractivity contribution in [1.29, 1.82) is 0 Å². The third kappa shape index (κ3) is 4.42. The highest BCUT2D eigenvalue weighted by Crippen LogP contribution is 2.25. The van der Waals surface area contributed by atoms with Gasteiger partial charge in [-0.1, -0.05) is 11.6 Å². The lowest BCUT2D eigenvalue weighted by Crippen LogP contribution is -2.49. The molecule has 1 aliphatic rings. The molecule has 2 heterocycles. The number of ether oxygens (including phenoxy) is 1. The molecule has 144 valence electrons. The number of piperazine rings is 1. The zero-order valence-corrected chi connectivity index (χ0v) is 16.6. The standard InChI is InChI=1S/C19H24ClN5O2/c1-4-21-19-22-13(2)11-17(23-19)24-7-9-25(10-8-24)18(26)15-12-14(20)5-6-16(15)27-3/h5-6,11-12H,4,7-10H2,1-3H3,(H,21,22,23). The summed E-state index contributed by atoms with van der Waals surface area (Å²) in [5.74, 6) is 1.98. The Kier molecular flexibility index (Phi) is 6.01. The summed E-state index contributed by atoms with van der Waals surface area (Å²) in [4.78, 5) is 25.9. The van der Waals surface area contributed by atoms with E-state index >= 15 is 0 Å². The van der Waals surface area contributed by atoms with E-state index in [4.69, 9.17) is 16.3 Å². The summed E-state index contributed by atoms with van der Waals surface area (Å²) in [6, 6.07) is 7.07. The minimum absolute atomic E-state index is 0.0683. The topological polar surface area (TPSA) is 70.6 Å². The number of nitrogens with one attached hydrogen (secondary N) is 1. The van der Waals surface area contributed by atoms with Gasteiger partial charge < -0.3 is 19.9 Å². The predicted molar refractivity (Wildman–Crippen MR) is 107 cm³/mol. The largest absolute Gasteiger partial charge is 0.496 e. The van der Waals surface area contributed by atoms with Crippen molar-refractivity contribution >= 4 is 29.3 Å². The molecule has 1 amide bonds. The van der Waals surface area contributed by atoms with Gasteiger partial charge in [-0.25, -0.2) is 4.98 Å². The van der Waals surface area contributed by atoms with E-state index < -0.39 is 0 Å². The Bertz CT molecular complexity index is 822. The fourth-order valence-corrected chi connectivity index (χ4v) is 3.28.